The molecule has 1 saturated heterocycles. The van der Waals surface area contributed by atoms with Crippen LogP contribution in [0.4, 0.5) is 5.69 Å². The summed E-state index contributed by atoms with van der Waals surface area (Å²) in [6.07, 6.45) is 5.35. The lowest BCUT2D eigenvalue weighted by Gasteiger charge is -2.40. The number of rotatable bonds is 8. The van der Waals surface area contributed by atoms with Crippen LogP contribution in [0.5, 0.6) is 0 Å². The minimum Gasteiger partial charge on any atom is -0.478 e. The van der Waals surface area contributed by atoms with Crippen molar-refractivity contribution < 1.29 is 19.2 Å². The molecule has 4 atom stereocenters. The Hall–Kier alpha value is -2.54. The number of fused-ring (bicyclic) bond motifs is 2. The lowest BCUT2D eigenvalue weighted by Crippen LogP contribution is -2.46. The summed E-state index contributed by atoms with van der Waals surface area (Å²) in [5.74, 6) is 0.799. The SMILES string of the molecule is CC[C@@H]1[C@@H]2C[C@@H](C[C@H]2OCc2c(-c3c(Cl)cccc3Cl)noc2C2CC2)N1c1ccc(C(=O)O)cc1. The molecule has 2 bridgehead atoms. The van der Waals surface area contributed by atoms with Crippen LogP contribution in [0.1, 0.15) is 66.6 Å². The monoisotopic (exact) mass is 526 g/mol. The Bertz CT molecular complexity index is 1270. The van der Waals surface area contributed by atoms with Gasteiger partial charge in [0.05, 0.1) is 28.3 Å². The van der Waals surface area contributed by atoms with Crippen molar-refractivity contribution in [2.45, 2.75) is 69.7 Å². The van der Waals surface area contributed by atoms with Gasteiger partial charge in [-0.05, 0) is 68.5 Å². The van der Waals surface area contributed by atoms with Crippen molar-refractivity contribution in [3.8, 4) is 11.3 Å². The van der Waals surface area contributed by atoms with Gasteiger partial charge >= 0.3 is 5.97 Å². The van der Waals surface area contributed by atoms with E-state index in [0.717, 1.165) is 49.1 Å². The number of carbonyl (C=O) groups is 1. The molecule has 8 heteroatoms. The molecule has 3 fully saturated rings. The average molecular weight is 527 g/mol. The molecule has 0 radical (unpaired) electrons. The topological polar surface area (TPSA) is 75.8 Å². The summed E-state index contributed by atoms with van der Waals surface area (Å²) < 4.78 is 12.4. The normalized spacial score (nSPS) is 25.0. The zero-order chi connectivity index (χ0) is 25.0. The molecule has 3 aromatic rings. The number of carboxylic acid groups (broad SMARTS) is 1. The lowest BCUT2D eigenvalue weighted by atomic mass is 9.93. The maximum absolute atomic E-state index is 11.3. The first-order chi connectivity index (χ1) is 17.5. The van der Waals surface area contributed by atoms with Gasteiger partial charge in [-0.2, -0.15) is 0 Å². The van der Waals surface area contributed by atoms with Crippen LogP contribution in [0.2, 0.25) is 10.0 Å². The van der Waals surface area contributed by atoms with Crippen LogP contribution in [-0.2, 0) is 11.3 Å². The average Bonchev–Trinajstić information content (AvgIpc) is 3.36. The number of piperidine rings is 1. The fourth-order valence-electron chi connectivity index (χ4n) is 6.22. The first kappa shape index (κ1) is 23.8. The minimum absolute atomic E-state index is 0.144. The summed E-state index contributed by atoms with van der Waals surface area (Å²) >= 11 is 13.0. The zero-order valence-electron chi connectivity index (χ0n) is 20.0. The van der Waals surface area contributed by atoms with Crippen LogP contribution < -0.4 is 4.90 Å². The number of nitrogens with zero attached hydrogens (tertiary/aromatic N) is 2. The Balaban J connectivity index is 1.22. The number of ether oxygens (including phenoxy) is 1. The summed E-state index contributed by atoms with van der Waals surface area (Å²) in [4.78, 5) is 13.7. The van der Waals surface area contributed by atoms with Gasteiger partial charge in [0.15, 0.2) is 0 Å². The van der Waals surface area contributed by atoms with Crippen LogP contribution in [0.3, 0.4) is 0 Å². The van der Waals surface area contributed by atoms with Crippen molar-refractivity contribution in [3.63, 3.8) is 0 Å². The first-order valence-corrected chi connectivity index (χ1v) is 13.4. The molecule has 1 aliphatic heterocycles. The molecular formula is C28H28Cl2N2O4. The molecule has 0 unspecified atom stereocenters. The summed E-state index contributed by atoms with van der Waals surface area (Å²) in [6.45, 7) is 2.63. The second kappa shape index (κ2) is 9.40. The Morgan fingerprint density at radius 2 is 1.86 bits per heavy atom. The molecule has 2 aromatic carbocycles. The zero-order valence-corrected chi connectivity index (χ0v) is 21.5. The molecular weight excluding hydrogens is 499 g/mol. The predicted octanol–water partition coefficient (Wildman–Crippen LogP) is 7.19. The highest BCUT2D eigenvalue weighted by Gasteiger charge is 2.51. The molecule has 2 aliphatic carbocycles. The molecule has 0 amide bonds. The minimum atomic E-state index is -0.901. The number of anilines is 1. The molecule has 6 nitrogen and oxygen atoms in total. The van der Waals surface area contributed by atoms with Crippen molar-refractivity contribution in [1.29, 1.82) is 0 Å². The van der Waals surface area contributed by atoms with Crippen molar-refractivity contribution in [1.82, 2.24) is 5.16 Å². The summed E-state index contributed by atoms with van der Waals surface area (Å²) in [6, 6.07) is 13.4. The number of aromatic carboxylic acids is 1. The van der Waals surface area contributed by atoms with Gasteiger partial charge in [-0.25, -0.2) is 4.79 Å². The van der Waals surface area contributed by atoms with E-state index in [1.165, 1.54) is 0 Å². The molecule has 3 aliphatic rings. The smallest absolute Gasteiger partial charge is 0.335 e. The Morgan fingerprint density at radius 3 is 2.50 bits per heavy atom. The summed E-state index contributed by atoms with van der Waals surface area (Å²) in [5.41, 5.74) is 3.74. The highest BCUT2D eigenvalue weighted by Crippen LogP contribution is 2.49. The molecule has 6 rings (SSSR count). The Labute approximate surface area is 220 Å². The fraction of sp³-hybridized carbons (Fsp3) is 0.429. The second-order valence-corrected chi connectivity index (χ2v) is 10.9. The number of hydrogen-bond acceptors (Lipinski definition) is 5. The van der Waals surface area contributed by atoms with E-state index in [1.807, 2.05) is 30.3 Å². The number of benzene rings is 2. The molecule has 1 aromatic heterocycles. The Morgan fingerprint density at radius 1 is 1.14 bits per heavy atom. The van der Waals surface area contributed by atoms with Crippen LogP contribution >= 0.6 is 23.2 Å². The largest absolute Gasteiger partial charge is 0.478 e. The maximum Gasteiger partial charge on any atom is 0.335 e. The van der Waals surface area contributed by atoms with Gasteiger partial charge in [0.1, 0.15) is 11.5 Å². The molecule has 0 spiro atoms. The van der Waals surface area contributed by atoms with Gasteiger partial charge in [-0.3, -0.25) is 0 Å². The van der Waals surface area contributed by atoms with Crippen molar-refractivity contribution >= 4 is 34.9 Å². The van der Waals surface area contributed by atoms with Crippen molar-refractivity contribution in [2.75, 3.05) is 4.90 Å². The van der Waals surface area contributed by atoms with E-state index in [1.54, 1.807) is 12.1 Å². The van der Waals surface area contributed by atoms with E-state index < -0.39 is 5.97 Å². The highest BCUT2D eigenvalue weighted by atomic mass is 35.5. The van der Waals surface area contributed by atoms with Crippen LogP contribution in [0.15, 0.2) is 47.0 Å². The number of halogens is 2. The van der Waals surface area contributed by atoms with E-state index in [2.05, 4.69) is 17.0 Å². The van der Waals surface area contributed by atoms with Crippen LogP contribution in [-0.4, -0.2) is 34.4 Å². The molecule has 36 heavy (non-hydrogen) atoms. The number of hydrogen-bond donors (Lipinski definition) is 1. The lowest BCUT2D eigenvalue weighted by molar-refractivity contribution is 0.00158. The second-order valence-electron chi connectivity index (χ2n) is 10.1. The predicted molar refractivity (Wildman–Crippen MR) is 139 cm³/mol. The quantitative estimate of drug-likeness (QED) is 0.334. The van der Waals surface area contributed by atoms with Crippen LogP contribution in [0, 0.1) is 5.92 Å². The van der Waals surface area contributed by atoms with Crippen molar-refractivity contribution in [3.05, 3.63) is 69.4 Å². The molecule has 2 saturated carbocycles. The summed E-state index contributed by atoms with van der Waals surface area (Å²) in [7, 11) is 0. The third kappa shape index (κ3) is 4.09. The van der Waals surface area contributed by atoms with Gasteiger partial charge in [0, 0.05) is 40.7 Å². The fourth-order valence-corrected chi connectivity index (χ4v) is 6.80. The maximum atomic E-state index is 11.3. The Kier molecular flexibility index (Phi) is 6.22. The highest BCUT2D eigenvalue weighted by molar-refractivity contribution is 6.39. The van der Waals surface area contributed by atoms with Gasteiger partial charge in [0.2, 0.25) is 0 Å². The molecule has 188 valence electrons. The van der Waals surface area contributed by atoms with Gasteiger partial charge in [-0.1, -0.05) is 41.3 Å². The third-order valence-electron chi connectivity index (χ3n) is 8.01. The van der Waals surface area contributed by atoms with E-state index in [0.29, 0.717) is 57.4 Å². The van der Waals surface area contributed by atoms with Gasteiger partial charge < -0.3 is 19.3 Å². The number of carboxylic acids is 1. The third-order valence-corrected chi connectivity index (χ3v) is 8.64. The molecule has 2 heterocycles. The standard InChI is InChI=1S/C28H28Cl2N2O4/c1-2-23-19-12-18(32(23)17-10-8-16(9-11-17)28(33)34)13-24(19)35-14-20-26(31-36-27(20)15-6-7-15)25-21(29)4-3-5-22(25)30/h3-5,8-11,15,18-19,23-24H,2,6-7,12-14H2,1H3,(H,33,34)/t18-,19-,23+,24+/m0/s1. The number of aromatic nitrogens is 1. The van der Waals surface area contributed by atoms with E-state index in [9.17, 15) is 9.90 Å². The summed E-state index contributed by atoms with van der Waals surface area (Å²) in [5, 5.41) is 14.7. The van der Waals surface area contributed by atoms with E-state index >= 15 is 0 Å². The van der Waals surface area contributed by atoms with Gasteiger partial charge in [0.25, 0.3) is 0 Å². The van der Waals surface area contributed by atoms with Crippen LogP contribution in [0.25, 0.3) is 11.3 Å². The van der Waals surface area contributed by atoms with E-state index in [4.69, 9.17) is 32.5 Å². The first-order valence-electron chi connectivity index (χ1n) is 12.6. The van der Waals surface area contributed by atoms with Gasteiger partial charge in [-0.15, -0.1) is 0 Å². The molecule has 1 N–H and O–H groups in total. The van der Waals surface area contributed by atoms with Crippen molar-refractivity contribution in [2.24, 2.45) is 5.92 Å². The van der Waals surface area contributed by atoms with E-state index in [-0.39, 0.29) is 6.10 Å².